The molecule has 1 aromatic carbocycles. The first-order valence-corrected chi connectivity index (χ1v) is 7.81. The molecule has 132 valence electrons. The van der Waals surface area contributed by atoms with E-state index in [1.807, 2.05) is 12.1 Å². The zero-order valence-corrected chi connectivity index (χ0v) is 13.5. The third-order valence-corrected chi connectivity index (χ3v) is 4.20. The highest BCUT2D eigenvalue weighted by Gasteiger charge is 2.34. The first-order chi connectivity index (χ1) is 11.8. The lowest BCUT2D eigenvalue weighted by Crippen LogP contribution is -2.39. The third kappa shape index (κ3) is 4.09. The number of hydrogen-bond acceptors (Lipinski definition) is 4. The van der Waals surface area contributed by atoms with Gasteiger partial charge in [-0.2, -0.15) is 13.2 Å². The summed E-state index contributed by atoms with van der Waals surface area (Å²) in [5.41, 5.74) is 5.86. The maximum absolute atomic E-state index is 12.9. The third-order valence-electron chi connectivity index (χ3n) is 3.87. The molecule has 0 bridgehead atoms. The molecule has 2 aromatic rings. The molecule has 2 atom stereocenters. The number of nitrogens with one attached hydrogen (secondary N) is 3. The molecule has 2 unspecified atom stereocenters. The Balaban J connectivity index is 1.67. The minimum atomic E-state index is -4.59. The lowest BCUT2D eigenvalue weighted by atomic mass is 10.0. The Morgan fingerprint density at radius 3 is 2.60 bits per heavy atom. The van der Waals surface area contributed by atoms with Crippen molar-refractivity contribution in [1.82, 2.24) is 15.8 Å². The molecule has 3 N–H and O–H groups in total. The molecule has 5 nitrogen and oxygen atoms in total. The number of rotatable bonds is 3. The van der Waals surface area contributed by atoms with E-state index in [2.05, 4.69) is 21.2 Å². The highest BCUT2D eigenvalue weighted by atomic mass is 35.5. The van der Waals surface area contributed by atoms with Gasteiger partial charge in [0.1, 0.15) is 6.04 Å². The van der Waals surface area contributed by atoms with Gasteiger partial charge < -0.3 is 5.32 Å². The number of amides is 1. The first-order valence-electron chi connectivity index (χ1n) is 7.43. The summed E-state index contributed by atoms with van der Waals surface area (Å²) in [7, 11) is 0. The van der Waals surface area contributed by atoms with Crippen LogP contribution < -0.4 is 16.2 Å². The molecular weight excluding hydrogens is 357 g/mol. The molecule has 1 aliphatic rings. The minimum Gasteiger partial charge on any atom is -0.325 e. The molecule has 1 aromatic heterocycles. The van der Waals surface area contributed by atoms with Crippen LogP contribution in [0.5, 0.6) is 0 Å². The number of carbonyl (C=O) groups excluding carboxylic acids is 1. The lowest BCUT2D eigenvalue weighted by Gasteiger charge is -2.14. The molecule has 0 radical (unpaired) electrons. The fourth-order valence-corrected chi connectivity index (χ4v) is 2.82. The fourth-order valence-electron chi connectivity index (χ4n) is 2.59. The van der Waals surface area contributed by atoms with Gasteiger partial charge >= 0.3 is 6.18 Å². The minimum absolute atomic E-state index is 0.0379. The number of hydrazine groups is 1. The summed E-state index contributed by atoms with van der Waals surface area (Å²) in [6.07, 6.45) is -0.833. The topological polar surface area (TPSA) is 66.0 Å². The van der Waals surface area contributed by atoms with Crippen LogP contribution in [0.1, 0.15) is 23.6 Å². The standard InChI is InChI=1S/C16H14ClF3N4O/c17-12-2-1-10(7-11(12)16(18,19)20)22-15(25)14-8-13(23-24-14)9-3-5-21-6-4-9/h1-7,13-14,23-24H,8H2,(H,22,25). The van der Waals surface area contributed by atoms with Crippen LogP contribution in [0, 0.1) is 0 Å². The summed E-state index contributed by atoms with van der Waals surface area (Å²) in [4.78, 5) is 16.2. The van der Waals surface area contributed by atoms with Crippen molar-refractivity contribution in [1.29, 1.82) is 0 Å². The van der Waals surface area contributed by atoms with E-state index in [9.17, 15) is 18.0 Å². The van der Waals surface area contributed by atoms with E-state index in [4.69, 9.17) is 11.6 Å². The second kappa shape index (κ2) is 6.99. The zero-order valence-electron chi connectivity index (χ0n) is 12.8. The van der Waals surface area contributed by atoms with Crippen LogP contribution in [0.2, 0.25) is 5.02 Å². The van der Waals surface area contributed by atoms with Gasteiger partial charge in [0.25, 0.3) is 0 Å². The van der Waals surface area contributed by atoms with E-state index in [-0.39, 0.29) is 11.7 Å². The van der Waals surface area contributed by atoms with Gasteiger partial charge in [0.05, 0.1) is 10.6 Å². The van der Waals surface area contributed by atoms with Crippen LogP contribution in [0.3, 0.4) is 0 Å². The van der Waals surface area contributed by atoms with Crippen molar-refractivity contribution in [2.45, 2.75) is 24.7 Å². The molecule has 2 heterocycles. The van der Waals surface area contributed by atoms with Gasteiger partial charge in [0.15, 0.2) is 0 Å². The summed E-state index contributed by atoms with van der Waals surface area (Å²) in [5.74, 6) is -0.431. The maximum Gasteiger partial charge on any atom is 0.417 e. The lowest BCUT2D eigenvalue weighted by molar-refractivity contribution is -0.137. The first kappa shape index (κ1) is 17.7. The quantitative estimate of drug-likeness (QED) is 0.775. The second-order valence-corrected chi connectivity index (χ2v) is 6.00. The van der Waals surface area contributed by atoms with Gasteiger partial charge in [-0.05, 0) is 42.3 Å². The molecule has 1 fully saturated rings. The van der Waals surface area contributed by atoms with E-state index in [0.29, 0.717) is 6.42 Å². The predicted molar refractivity (Wildman–Crippen MR) is 86.7 cm³/mol. The maximum atomic E-state index is 12.9. The van der Waals surface area contributed by atoms with Crippen molar-refractivity contribution in [2.75, 3.05) is 5.32 Å². The van der Waals surface area contributed by atoms with Crippen LogP contribution in [0.4, 0.5) is 18.9 Å². The Morgan fingerprint density at radius 2 is 1.92 bits per heavy atom. The Bertz CT molecular complexity index is 770. The Labute approximate surface area is 146 Å². The highest BCUT2D eigenvalue weighted by Crippen LogP contribution is 2.36. The number of halogens is 4. The fraction of sp³-hybridized carbons (Fsp3) is 0.250. The molecule has 1 amide bonds. The Hall–Kier alpha value is -2.16. The van der Waals surface area contributed by atoms with Gasteiger partial charge in [-0.15, -0.1) is 0 Å². The zero-order chi connectivity index (χ0) is 18.0. The smallest absolute Gasteiger partial charge is 0.325 e. The molecule has 1 saturated heterocycles. The number of anilines is 1. The molecule has 0 spiro atoms. The van der Waals surface area contributed by atoms with Crippen molar-refractivity contribution in [2.24, 2.45) is 0 Å². The summed E-state index contributed by atoms with van der Waals surface area (Å²) < 4.78 is 38.6. The van der Waals surface area contributed by atoms with Crippen LogP contribution in [0.25, 0.3) is 0 Å². The van der Waals surface area contributed by atoms with Gasteiger partial charge in [0, 0.05) is 24.1 Å². The van der Waals surface area contributed by atoms with Crippen molar-refractivity contribution >= 4 is 23.2 Å². The van der Waals surface area contributed by atoms with E-state index in [1.165, 1.54) is 6.07 Å². The van der Waals surface area contributed by atoms with E-state index < -0.39 is 28.7 Å². The van der Waals surface area contributed by atoms with E-state index in [1.54, 1.807) is 12.4 Å². The van der Waals surface area contributed by atoms with E-state index in [0.717, 1.165) is 17.7 Å². The highest BCUT2D eigenvalue weighted by molar-refractivity contribution is 6.31. The summed E-state index contributed by atoms with van der Waals surface area (Å²) in [6, 6.07) is 6.25. The average Bonchev–Trinajstić information content (AvgIpc) is 3.06. The van der Waals surface area contributed by atoms with Crippen molar-refractivity contribution in [3.8, 4) is 0 Å². The number of carbonyl (C=O) groups is 1. The number of aromatic nitrogens is 1. The largest absolute Gasteiger partial charge is 0.417 e. The summed E-state index contributed by atoms with van der Waals surface area (Å²) in [5, 5.41) is 2.07. The van der Waals surface area contributed by atoms with E-state index >= 15 is 0 Å². The number of hydrogen-bond donors (Lipinski definition) is 3. The molecule has 9 heteroatoms. The average molecular weight is 371 g/mol. The number of pyridine rings is 1. The van der Waals surface area contributed by atoms with Crippen LogP contribution in [-0.4, -0.2) is 16.9 Å². The normalized spacial score (nSPS) is 20.5. The molecule has 25 heavy (non-hydrogen) atoms. The summed E-state index contributed by atoms with van der Waals surface area (Å²) >= 11 is 5.57. The van der Waals surface area contributed by atoms with Gasteiger partial charge in [-0.25, -0.2) is 10.9 Å². The van der Waals surface area contributed by atoms with Crippen LogP contribution >= 0.6 is 11.6 Å². The molecule has 0 saturated carbocycles. The van der Waals surface area contributed by atoms with Crippen LogP contribution in [-0.2, 0) is 11.0 Å². The van der Waals surface area contributed by atoms with Gasteiger partial charge in [-0.1, -0.05) is 11.6 Å². The monoisotopic (exact) mass is 370 g/mol. The Morgan fingerprint density at radius 1 is 1.20 bits per heavy atom. The molecule has 3 rings (SSSR count). The van der Waals surface area contributed by atoms with Crippen molar-refractivity contribution < 1.29 is 18.0 Å². The summed E-state index contributed by atoms with van der Waals surface area (Å²) in [6.45, 7) is 0. The Kier molecular flexibility index (Phi) is 4.94. The van der Waals surface area contributed by atoms with Crippen molar-refractivity contribution in [3.63, 3.8) is 0 Å². The molecular formula is C16H14ClF3N4O. The molecule has 0 aliphatic carbocycles. The number of benzene rings is 1. The second-order valence-electron chi connectivity index (χ2n) is 5.59. The van der Waals surface area contributed by atoms with Crippen LogP contribution in [0.15, 0.2) is 42.7 Å². The number of alkyl halides is 3. The SMILES string of the molecule is O=C(Nc1ccc(Cl)c(C(F)(F)F)c1)C1CC(c2ccncc2)NN1. The predicted octanol–water partition coefficient (Wildman–Crippen LogP) is 3.30. The molecule has 1 aliphatic heterocycles. The van der Waals surface area contributed by atoms with Gasteiger partial charge in [0.2, 0.25) is 5.91 Å². The van der Waals surface area contributed by atoms with Crippen molar-refractivity contribution in [3.05, 3.63) is 58.9 Å². The number of nitrogens with zero attached hydrogens (tertiary/aromatic N) is 1. The van der Waals surface area contributed by atoms with Gasteiger partial charge in [-0.3, -0.25) is 9.78 Å².